The summed E-state index contributed by atoms with van der Waals surface area (Å²) in [4.78, 5) is 4.38. The maximum Gasteiger partial charge on any atom is 0.135 e. The van der Waals surface area contributed by atoms with Crippen LogP contribution in [0.3, 0.4) is 0 Å². The smallest absolute Gasteiger partial charge is 0.135 e. The normalized spacial score (nSPS) is 10.3. The second-order valence-electron chi connectivity index (χ2n) is 5.14. The van der Waals surface area contributed by atoms with E-state index in [0.29, 0.717) is 5.71 Å². The molecule has 0 aliphatic rings. The molecule has 1 heterocycles. The zero-order valence-electron chi connectivity index (χ0n) is 13.2. The first kappa shape index (κ1) is 16.0. The molecule has 2 rings (SSSR count). The lowest BCUT2D eigenvalue weighted by Crippen LogP contribution is -2.10. The molecule has 0 bridgehead atoms. The summed E-state index contributed by atoms with van der Waals surface area (Å²) in [6, 6.07) is 11.4. The molecule has 0 amide bonds. The molecule has 0 atom stereocenters. The molecule has 0 unspecified atom stereocenters. The van der Waals surface area contributed by atoms with Gasteiger partial charge in [0.25, 0.3) is 0 Å². The van der Waals surface area contributed by atoms with E-state index in [4.69, 9.17) is 10.1 Å². The summed E-state index contributed by atoms with van der Waals surface area (Å²) in [6.45, 7) is 3.06. The number of unbranched alkanes of at least 4 members (excludes halogenated alkanes) is 2. The number of hydrogen-bond donors (Lipinski definition) is 2. The molecular weight excluding hydrogens is 274 g/mol. The summed E-state index contributed by atoms with van der Waals surface area (Å²) >= 11 is 0. The van der Waals surface area contributed by atoms with Crippen molar-refractivity contribution in [2.24, 2.45) is 0 Å². The summed E-state index contributed by atoms with van der Waals surface area (Å²) in [5.74, 6) is 1.52. The van der Waals surface area contributed by atoms with E-state index < -0.39 is 0 Å². The molecule has 1 aromatic carbocycles. The molecule has 1 aromatic heterocycles. The summed E-state index contributed by atoms with van der Waals surface area (Å²) < 4.78 is 5.23. The van der Waals surface area contributed by atoms with Gasteiger partial charge in [0.2, 0.25) is 0 Å². The molecule has 4 nitrogen and oxygen atoms in total. The van der Waals surface area contributed by atoms with Crippen LogP contribution in [0.15, 0.2) is 42.6 Å². The number of rotatable bonds is 8. The average molecular weight is 297 g/mol. The molecule has 22 heavy (non-hydrogen) atoms. The lowest BCUT2D eigenvalue weighted by atomic mass is 10.0. The maximum atomic E-state index is 8.46. The van der Waals surface area contributed by atoms with E-state index in [2.05, 4.69) is 17.2 Å². The van der Waals surface area contributed by atoms with Gasteiger partial charge in [0.1, 0.15) is 11.6 Å². The van der Waals surface area contributed by atoms with Crippen molar-refractivity contribution in [3.8, 4) is 5.75 Å². The molecule has 0 aliphatic carbocycles. The van der Waals surface area contributed by atoms with Crippen molar-refractivity contribution < 1.29 is 4.74 Å². The predicted octanol–water partition coefficient (Wildman–Crippen LogP) is 4.11. The number of nitrogens with zero attached hydrogens (tertiary/aromatic N) is 1. The first-order valence-electron chi connectivity index (χ1n) is 7.68. The molecule has 0 fully saturated rings. The van der Waals surface area contributed by atoms with E-state index in [9.17, 15) is 0 Å². The van der Waals surface area contributed by atoms with Crippen LogP contribution >= 0.6 is 0 Å². The Bertz CT molecular complexity index is 625. The molecule has 0 aliphatic heterocycles. The Labute approximate surface area is 132 Å². The molecule has 0 radical (unpaired) electrons. The minimum atomic E-state index is 0.449. The quantitative estimate of drug-likeness (QED) is 0.569. The van der Waals surface area contributed by atoms with Gasteiger partial charge in [0, 0.05) is 23.9 Å². The fourth-order valence-electron chi connectivity index (χ4n) is 2.26. The van der Waals surface area contributed by atoms with Crippen LogP contribution < -0.4 is 10.1 Å². The van der Waals surface area contributed by atoms with Crippen molar-refractivity contribution in [3.05, 3.63) is 53.7 Å². The Morgan fingerprint density at radius 1 is 1.23 bits per heavy atom. The molecule has 2 aromatic rings. The van der Waals surface area contributed by atoms with Gasteiger partial charge in [-0.05, 0) is 30.7 Å². The molecule has 2 N–H and O–H groups in total. The monoisotopic (exact) mass is 297 g/mol. The zero-order chi connectivity index (χ0) is 15.8. The summed E-state index contributed by atoms with van der Waals surface area (Å²) in [5.41, 5.74) is 2.08. The van der Waals surface area contributed by atoms with E-state index in [-0.39, 0.29) is 0 Å². The second kappa shape index (κ2) is 8.17. The Kier molecular flexibility index (Phi) is 5.95. The summed E-state index contributed by atoms with van der Waals surface area (Å²) in [7, 11) is 1.63. The lowest BCUT2D eigenvalue weighted by Gasteiger charge is -2.12. The van der Waals surface area contributed by atoms with Crippen LogP contribution in [0.4, 0.5) is 5.82 Å². The van der Waals surface area contributed by atoms with Gasteiger partial charge in [-0.1, -0.05) is 31.9 Å². The molecule has 0 saturated heterocycles. The van der Waals surface area contributed by atoms with Crippen LogP contribution in [0.2, 0.25) is 0 Å². The van der Waals surface area contributed by atoms with Crippen LogP contribution in [0.25, 0.3) is 0 Å². The zero-order valence-corrected chi connectivity index (χ0v) is 13.2. The highest BCUT2D eigenvalue weighted by Gasteiger charge is 2.11. The third kappa shape index (κ3) is 4.07. The average Bonchev–Trinajstić information content (AvgIpc) is 2.58. The lowest BCUT2D eigenvalue weighted by molar-refractivity contribution is 0.414. The molecule has 0 saturated carbocycles. The molecule has 4 heteroatoms. The van der Waals surface area contributed by atoms with Crippen LogP contribution in [0, 0.1) is 5.41 Å². The van der Waals surface area contributed by atoms with Crippen molar-refractivity contribution in [2.45, 2.75) is 26.2 Å². The van der Waals surface area contributed by atoms with Gasteiger partial charge in [-0.15, -0.1) is 0 Å². The van der Waals surface area contributed by atoms with E-state index in [1.54, 1.807) is 13.3 Å². The standard InChI is InChI=1S/C18H23N3O/c1-3-4-5-11-20-18-16(10-7-12-21-18)17(19)14-8-6-9-15(13-14)22-2/h6-10,12-13,19H,3-5,11H2,1-2H3,(H,20,21). The van der Waals surface area contributed by atoms with Crippen LogP contribution in [0.1, 0.15) is 37.3 Å². The number of nitrogens with one attached hydrogen (secondary N) is 2. The van der Waals surface area contributed by atoms with Crippen LogP contribution in [-0.4, -0.2) is 24.4 Å². The van der Waals surface area contributed by atoms with E-state index in [0.717, 1.165) is 35.7 Å². The van der Waals surface area contributed by atoms with Gasteiger partial charge in [0.15, 0.2) is 0 Å². The van der Waals surface area contributed by atoms with Crippen molar-refractivity contribution in [2.75, 3.05) is 19.0 Å². The maximum absolute atomic E-state index is 8.46. The van der Waals surface area contributed by atoms with Gasteiger partial charge in [-0.3, -0.25) is 5.41 Å². The Morgan fingerprint density at radius 2 is 2.09 bits per heavy atom. The Morgan fingerprint density at radius 3 is 2.86 bits per heavy atom. The second-order valence-corrected chi connectivity index (χ2v) is 5.14. The summed E-state index contributed by atoms with van der Waals surface area (Å²) in [5, 5.41) is 11.8. The molecule has 116 valence electrons. The number of aromatic nitrogens is 1. The van der Waals surface area contributed by atoms with E-state index >= 15 is 0 Å². The van der Waals surface area contributed by atoms with Crippen LogP contribution in [-0.2, 0) is 0 Å². The van der Waals surface area contributed by atoms with Gasteiger partial charge in [-0.2, -0.15) is 0 Å². The molecule has 0 spiro atoms. The number of benzene rings is 1. The number of methoxy groups -OCH3 is 1. The highest BCUT2D eigenvalue weighted by molar-refractivity contribution is 6.13. The van der Waals surface area contributed by atoms with Gasteiger partial charge in [-0.25, -0.2) is 4.98 Å². The third-order valence-electron chi connectivity index (χ3n) is 3.51. The largest absolute Gasteiger partial charge is 0.497 e. The van der Waals surface area contributed by atoms with E-state index in [1.165, 1.54) is 12.8 Å². The van der Waals surface area contributed by atoms with Gasteiger partial charge in [0.05, 0.1) is 12.8 Å². The van der Waals surface area contributed by atoms with Crippen molar-refractivity contribution in [1.29, 1.82) is 5.41 Å². The third-order valence-corrected chi connectivity index (χ3v) is 3.51. The topological polar surface area (TPSA) is 58.0 Å². The van der Waals surface area contributed by atoms with Crippen LogP contribution in [0.5, 0.6) is 5.75 Å². The fourth-order valence-corrected chi connectivity index (χ4v) is 2.26. The van der Waals surface area contributed by atoms with Crippen molar-refractivity contribution >= 4 is 11.5 Å². The number of anilines is 1. The van der Waals surface area contributed by atoms with Gasteiger partial charge < -0.3 is 10.1 Å². The highest BCUT2D eigenvalue weighted by Crippen LogP contribution is 2.20. The molecular formula is C18H23N3O. The number of hydrogen-bond acceptors (Lipinski definition) is 4. The first-order valence-corrected chi connectivity index (χ1v) is 7.68. The number of pyridine rings is 1. The Balaban J connectivity index is 2.18. The fraction of sp³-hybridized carbons (Fsp3) is 0.333. The number of ether oxygens (including phenoxy) is 1. The van der Waals surface area contributed by atoms with E-state index in [1.807, 2.05) is 36.4 Å². The van der Waals surface area contributed by atoms with Crippen molar-refractivity contribution in [1.82, 2.24) is 4.98 Å². The van der Waals surface area contributed by atoms with Crippen molar-refractivity contribution in [3.63, 3.8) is 0 Å². The van der Waals surface area contributed by atoms with Gasteiger partial charge >= 0.3 is 0 Å². The predicted molar refractivity (Wildman–Crippen MR) is 91.2 cm³/mol. The summed E-state index contributed by atoms with van der Waals surface area (Å²) in [6.07, 6.45) is 5.25. The minimum absolute atomic E-state index is 0.449. The first-order chi connectivity index (χ1) is 10.8. The Hall–Kier alpha value is -2.36. The SMILES string of the molecule is CCCCCNc1ncccc1C(=N)c1cccc(OC)c1. The highest BCUT2D eigenvalue weighted by atomic mass is 16.5. The minimum Gasteiger partial charge on any atom is -0.497 e.